The molecule has 26 heavy (non-hydrogen) atoms. The minimum absolute atomic E-state index is 0.272. The van der Waals surface area contributed by atoms with Crippen molar-refractivity contribution in [3.05, 3.63) is 27.8 Å². The molecule has 1 aliphatic rings. The Labute approximate surface area is 159 Å². The molecule has 1 fully saturated rings. The number of rotatable bonds is 6. The zero-order valence-corrected chi connectivity index (χ0v) is 18.1. The van der Waals surface area contributed by atoms with Crippen LogP contribution in [0.3, 0.4) is 0 Å². The molecule has 1 unspecified atom stereocenters. The summed E-state index contributed by atoms with van der Waals surface area (Å²) in [4.78, 5) is 1.95. The van der Waals surface area contributed by atoms with Gasteiger partial charge in [0.1, 0.15) is 25.3 Å². The number of hydrogen-bond acceptors (Lipinski definition) is 3. The smallest absolute Gasteiger partial charge is 0.241 e. The van der Waals surface area contributed by atoms with Crippen molar-refractivity contribution in [2.45, 2.75) is 72.0 Å². The predicted octanol–water partition coefficient (Wildman–Crippen LogP) is 1.59. The van der Waals surface area contributed by atoms with Crippen LogP contribution in [0.4, 0.5) is 0 Å². The van der Waals surface area contributed by atoms with Crippen molar-refractivity contribution in [3.8, 4) is 0 Å². The van der Waals surface area contributed by atoms with Gasteiger partial charge >= 0.3 is 0 Å². The maximum absolute atomic E-state index is 12.9. The molecule has 2 rings (SSSR count). The highest BCUT2D eigenvalue weighted by Gasteiger charge is 2.26. The van der Waals surface area contributed by atoms with Gasteiger partial charge < -0.3 is 9.64 Å². The van der Waals surface area contributed by atoms with Crippen LogP contribution in [-0.2, 0) is 14.8 Å². The average molecular weight is 384 g/mol. The third-order valence-electron chi connectivity index (χ3n) is 5.82. The summed E-state index contributed by atoms with van der Waals surface area (Å²) in [7, 11) is -3.49. The fraction of sp³-hybridized carbons (Fsp3) is 0.700. The molecule has 0 saturated carbocycles. The lowest BCUT2D eigenvalue weighted by molar-refractivity contribution is -0.915. The molecule has 1 aromatic rings. The molecule has 1 saturated heterocycles. The minimum atomic E-state index is -3.49. The van der Waals surface area contributed by atoms with Crippen LogP contribution in [0, 0.1) is 34.6 Å². The van der Waals surface area contributed by atoms with E-state index < -0.39 is 10.0 Å². The van der Waals surface area contributed by atoms with E-state index in [1.807, 2.05) is 27.7 Å². The first kappa shape index (κ1) is 21.4. The summed E-state index contributed by atoms with van der Waals surface area (Å²) in [6.07, 6.45) is 1.37. The molecule has 148 valence electrons. The molecule has 1 aliphatic heterocycles. The molecule has 0 radical (unpaired) electrons. The summed E-state index contributed by atoms with van der Waals surface area (Å²) in [5.74, 6) is 0. The Bertz CT molecular complexity index is 720. The number of ether oxygens (including phenoxy) is 1. The molecule has 2 N–H and O–H groups in total. The summed E-state index contributed by atoms with van der Waals surface area (Å²) in [5, 5.41) is 0. The van der Waals surface area contributed by atoms with E-state index >= 15 is 0 Å². The SMILES string of the molecule is Cc1c(C)c(C)c(S(=O)(=O)NCCC[NH+]2C[C@@H](C)O[C@@H](C)C2)c(C)c1C. The highest BCUT2D eigenvalue weighted by molar-refractivity contribution is 7.89. The largest absolute Gasteiger partial charge is 0.364 e. The second kappa shape index (κ2) is 8.38. The van der Waals surface area contributed by atoms with Gasteiger partial charge in [-0.2, -0.15) is 0 Å². The highest BCUT2D eigenvalue weighted by Crippen LogP contribution is 2.29. The third-order valence-corrected chi connectivity index (χ3v) is 7.55. The first-order valence-electron chi connectivity index (χ1n) is 9.60. The van der Waals surface area contributed by atoms with E-state index in [1.165, 1.54) is 10.5 Å². The van der Waals surface area contributed by atoms with E-state index in [-0.39, 0.29) is 12.2 Å². The molecule has 0 bridgehead atoms. The van der Waals surface area contributed by atoms with Gasteiger partial charge in [-0.05, 0) is 76.3 Å². The molecule has 1 heterocycles. The third kappa shape index (κ3) is 4.66. The second-order valence-corrected chi connectivity index (χ2v) is 9.57. The van der Waals surface area contributed by atoms with Crippen LogP contribution in [-0.4, -0.2) is 46.8 Å². The summed E-state index contributed by atoms with van der Waals surface area (Å²) < 4.78 is 34.4. The number of sulfonamides is 1. The van der Waals surface area contributed by atoms with Crippen molar-refractivity contribution in [1.29, 1.82) is 0 Å². The van der Waals surface area contributed by atoms with Crippen molar-refractivity contribution in [3.63, 3.8) is 0 Å². The van der Waals surface area contributed by atoms with Gasteiger partial charge in [0.05, 0.1) is 11.4 Å². The Morgan fingerprint density at radius 2 is 1.38 bits per heavy atom. The van der Waals surface area contributed by atoms with Gasteiger partial charge in [-0.1, -0.05) is 0 Å². The predicted molar refractivity (Wildman–Crippen MR) is 106 cm³/mol. The van der Waals surface area contributed by atoms with Crippen molar-refractivity contribution in [1.82, 2.24) is 4.72 Å². The highest BCUT2D eigenvalue weighted by atomic mass is 32.2. The molecule has 0 amide bonds. The fourth-order valence-corrected chi connectivity index (χ4v) is 5.75. The van der Waals surface area contributed by atoms with E-state index in [2.05, 4.69) is 25.5 Å². The van der Waals surface area contributed by atoms with Crippen molar-refractivity contribution < 1.29 is 18.1 Å². The van der Waals surface area contributed by atoms with Crippen molar-refractivity contribution >= 4 is 10.0 Å². The van der Waals surface area contributed by atoms with Gasteiger partial charge in [0.25, 0.3) is 0 Å². The Hall–Kier alpha value is -0.950. The van der Waals surface area contributed by atoms with Crippen molar-refractivity contribution in [2.75, 3.05) is 26.2 Å². The molecule has 0 spiro atoms. The Balaban J connectivity index is 2.02. The van der Waals surface area contributed by atoms with Crippen molar-refractivity contribution in [2.24, 2.45) is 0 Å². The van der Waals surface area contributed by atoms with Gasteiger partial charge in [0, 0.05) is 13.0 Å². The maximum atomic E-state index is 12.9. The normalized spacial score (nSPS) is 24.0. The maximum Gasteiger partial charge on any atom is 0.241 e. The minimum Gasteiger partial charge on any atom is -0.364 e. The number of hydrogen-bond donors (Lipinski definition) is 2. The Kier molecular flexibility index (Phi) is 6.88. The molecule has 0 aromatic heterocycles. The molecule has 5 nitrogen and oxygen atoms in total. The van der Waals surface area contributed by atoms with E-state index in [4.69, 9.17) is 4.74 Å². The van der Waals surface area contributed by atoms with Gasteiger partial charge in [0.15, 0.2) is 0 Å². The standard InChI is InChI=1S/C20H34N2O3S/c1-13-11-22(12-14(2)25-13)10-8-9-21-26(23,24)20-18(6)16(4)15(3)17(5)19(20)7/h13-14,21H,8-12H2,1-7H3/p+1/t13-,14+. The van der Waals surface area contributed by atoms with E-state index in [0.29, 0.717) is 11.4 Å². The van der Waals surface area contributed by atoms with Crippen LogP contribution in [0.25, 0.3) is 0 Å². The summed E-state index contributed by atoms with van der Waals surface area (Å²) >= 11 is 0. The Morgan fingerprint density at radius 3 is 1.88 bits per heavy atom. The van der Waals surface area contributed by atoms with Crippen LogP contribution in [0.5, 0.6) is 0 Å². The van der Waals surface area contributed by atoms with Gasteiger partial charge in [-0.3, -0.25) is 0 Å². The summed E-state index contributed by atoms with van der Waals surface area (Å²) in [6, 6.07) is 0. The summed E-state index contributed by atoms with van der Waals surface area (Å²) in [6.45, 7) is 17.5. The number of quaternary nitrogens is 1. The quantitative estimate of drug-likeness (QED) is 0.734. The topological polar surface area (TPSA) is 59.8 Å². The number of nitrogens with one attached hydrogen (secondary N) is 2. The zero-order valence-electron chi connectivity index (χ0n) is 17.3. The lowest BCUT2D eigenvalue weighted by Crippen LogP contribution is -3.15. The first-order chi connectivity index (χ1) is 12.0. The average Bonchev–Trinajstić information content (AvgIpc) is 2.54. The summed E-state index contributed by atoms with van der Waals surface area (Å²) in [5.41, 5.74) is 5.03. The molecular weight excluding hydrogens is 348 g/mol. The fourth-order valence-electron chi connectivity index (χ4n) is 4.08. The molecular formula is C20H35N2O3S+. The first-order valence-corrected chi connectivity index (χ1v) is 11.1. The molecule has 1 aromatic carbocycles. The van der Waals surface area contributed by atoms with Crippen LogP contribution in [0.2, 0.25) is 0 Å². The lowest BCUT2D eigenvalue weighted by Gasteiger charge is -2.32. The van der Waals surface area contributed by atoms with Gasteiger partial charge in [0.2, 0.25) is 10.0 Å². The monoisotopic (exact) mass is 383 g/mol. The Morgan fingerprint density at radius 1 is 0.923 bits per heavy atom. The van der Waals surface area contributed by atoms with Crippen LogP contribution in [0.1, 0.15) is 48.1 Å². The van der Waals surface area contributed by atoms with Crippen LogP contribution < -0.4 is 9.62 Å². The van der Waals surface area contributed by atoms with Crippen LogP contribution >= 0.6 is 0 Å². The molecule has 0 aliphatic carbocycles. The van der Waals surface area contributed by atoms with E-state index in [1.54, 1.807) is 0 Å². The van der Waals surface area contributed by atoms with Gasteiger partial charge in [-0.25, -0.2) is 13.1 Å². The second-order valence-electron chi connectivity index (χ2n) is 7.87. The number of benzene rings is 1. The lowest BCUT2D eigenvalue weighted by atomic mass is 9.95. The van der Waals surface area contributed by atoms with Gasteiger partial charge in [-0.15, -0.1) is 0 Å². The van der Waals surface area contributed by atoms with E-state index in [0.717, 1.165) is 48.3 Å². The molecule has 6 heteroatoms. The zero-order chi connectivity index (χ0) is 19.6. The van der Waals surface area contributed by atoms with Crippen LogP contribution in [0.15, 0.2) is 4.90 Å². The number of morpholine rings is 1. The molecule has 3 atom stereocenters. The van der Waals surface area contributed by atoms with E-state index in [9.17, 15) is 8.42 Å².